The molecule has 0 radical (unpaired) electrons. The molecule has 0 unspecified atom stereocenters. The van der Waals surface area contributed by atoms with Crippen LogP contribution in [0.2, 0.25) is 0 Å². The molecule has 0 aliphatic carbocycles. The molecule has 7 rings (SSSR count). The molecule has 0 aliphatic rings. The summed E-state index contributed by atoms with van der Waals surface area (Å²) in [7, 11) is 0. The van der Waals surface area contributed by atoms with Crippen LogP contribution in [-0.2, 0) is 49.7 Å². The van der Waals surface area contributed by atoms with Gasteiger partial charge in [0.2, 0.25) is 18.2 Å². The lowest BCUT2D eigenvalue weighted by molar-refractivity contribution is -0.138. The van der Waals surface area contributed by atoms with Gasteiger partial charge in [-0.1, -0.05) is 36.4 Å². The molecule has 0 atom stereocenters. The van der Waals surface area contributed by atoms with E-state index in [1.165, 1.54) is 42.4 Å². The summed E-state index contributed by atoms with van der Waals surface area (Å²) in [5.41, 5.74) is 1.30. The Morgan fingerprint density at radius 3 is 1.47 bits per heavy atom. The predicted octanol–water partition coefficient (Wildman–Crippen LogP) is 11.8. The van der Waals surface area contributed by atoms with Gasteiger partial charge in [0.05, 0.1) is 11.1 Å². The van der Waals surface area contributed by atoms with Crippen LogP contribution in [0.1, 0.15) is 82.2 Å². The Hall–Kier alpha value is -7.57. The van der Waals surface area contributed by atoms with Crippen molar-refractivity contribution < 1.29 is 58.2 Å². The maximum Gasteiger partial charge on any atom is 0.416 e. The molecule has 0 saturated carbocycles. The summed E-state index contributed by atoms with van der Waals surface area (Å²) < 4.78 is 128. The topological polar surface area (TPSA) is 130 Å². The Balaban J connectivity index is 0.000000224. The molecule has 0 aliphatic heterocycles. The van der Waals surface area contributed by atoms with Gasteiger partial charge in [0, 0.05) is 36.4 Å². The van der Waals surface area contributed by atoms with E-state index in [0.29, 0.717) is 48.0 Å². The quantitative estimate of drug-likeness (QED) is 0.0425. The van der Waals surface area contributed by atoms with Crippen LogP contribution < -0.4 is 14.8 Å². The molecule has 356 valence electrons. The number of nitrogens with zero attached hydrogens (tertiary/aromatic N) is 5. The lowest BCUT2D eigenvalue weighted by Crippen LogP contribution is -2.11. The van der Waals surface area contributed by atoms with E-state index in [-0.39, 0.29) is 36.1 Å². The number of halogens is 8. The first-order valence-electron chi connectivity index (χ1n) is 21.1. The summed E-state index contributed by atoms with van der Waals surface area (Å²) in [4.78, 5) is 18.6. The monoisotopic (exact) mass is 948 g/mol. The first-order valence-corrected chi connectivity index (χ1v) is 21.1. The number of oxazole rings is 2. The highest BCUT2D eigenvalue weighted by Crippen LogP contribution is 2.32. The normalized spacial score (nSPS) is 11.8. The summed E-state index contributed by atoms with van der Waals surface area (Å²) in [6, 6.07) is 20.1. The molecule has 1 amide bonds. The third-order valence-electron chi connectivity index (χ3n) is 9.94. The Morgan fingerprint density at radius 1 is 0.588 bits per heavy atom. The Labute approximate surface area is 385 Å². The van der Waals surface area contributed by atoms with Crippen molar-refractivity contribution in [3.63, 3.8) is 0 Å². The number of unbranched alkanes of at least 4 members (excludes halogenated alkanes) is 2. The van der Waals surface area contributed by atoms with Crippen molar-refractivity contribution in [2.45, 2.75) is 70.6 Å². The molecule has 0 bridgehead atoms. The van der Waals surface area contributed by atoms with E-state index in [0.717, 1.165) is 74.9 Å². The Bertz CT molecular complexity index is 2700. The van der Waals surface area contributed by atoms with E-state index >= 15 is 0 Å². The number of ether oxygens (including phenoxy) is 2. The van der Waals surface area contributed by atoms with E-state index in [9.17, 15) is 39.9 Å². The van der Waals surface area contributed by atoms with Crippen LogP contribution in [-0.4, -0.2) is 37.7 Å². The number of rotatable bonds is 21. The largest absolute Gasteiger partial charge is 0.487 e. The Kier molecular flexibility index (Phi) is 17.8. The minimum atomic E-state index is -4.60. The molecule has 7 aromatic rings. The van der Waals surface area contributed by atoms with Crippen molar-refractivity contribution in [2.24, 2.45) is 0 Å². The van der Waals surface area contributed by atoms with E-state index in [1.54, 1.807) is 12.7 Å². The van der Waals surface area contributed by atoms with Gasteiger partial charge in [-0.15, -0.1) is 10.2 Å². The van der Waals surface area contributed by atoms with Crippen molar-refractivity contribution >= 4 is 30.7 Å². The number of aryl methyl sites for hydroxylation is 3. The molecule has 11 nitrogen and oxygen atoms in total. The molecule has 0 fully saturated rings. The summed E-state index contributed by atoms with van der Waals surface area (Å²) in [6.07, 6.45) is 8.87. The highest BCUT2D eigenvalue weighted by molar-refractivity contribution is 5.67. The van der Waals surface area contributed by atoms with Crippen LogP contribution in [0.15, 0.2) is 119 Å². The average Bonchev–Trinajstić information content (AvgIpc) is 4.12. The molecule has 1 N–H and O–H groups in total. The number of benzene rings is 4. The Morgan fingerprint density at radius 2 is 1.04 bits per heavy atom. The van der Waals surface area contributed by atoms with Crippen LogP contribution in [0.25, 0.3) is 24.3 Å². The minimum Gasteiger partial charge on any atom is -0.487 e. The van der Waals surface area contributed by atoms with Crippen molar-refractivity contribution in [1.82, 2.24) is 30.0 Å². The third kappa shape index (κ3) is 16.1. The maximum absolute atomic E-state index is 13.9. The molecule has 3 aromatic heterocycles. The van der Waals surface area contributed by atoms with Gasteiger partial charge >= 0.3 is 12.4 Å². The smallest absolute Gasteiger partial charge is 0.416 e. The number of hydrogen-bond acceptors (Lipinski definition) is 9. The molecule has 3 heterocycles. The number of amides is 1. The fourth-order valence-electron chi connectivity index (χ4n) is 6.33. The van der Waals surface area contributed by atoms with Crippen molar-refractivity contribution in [3.05, 3.63) is 178 Å². The average molecular weight is 949 g/mol. The summed E-state index contributed by atoms with van der Waals surface area (Å²) in [6.45, 7) is 1.88. The van der Waals surface area contributed by atoms with Gasteiger partial charge in [-0.05, 0) is 110 Å². The first kappa shape index (κ1) is 49.9. The van der Waals surface area contributed by atoms with Gasteiger partial charge in [0.1, 0.15) is 72.9 Å². The maximum atomic E-state index is 13.9. The van der Waals surface area contributed by atoms with Gasteiger partial charge in [-0.2, -0.15) is 26.3 Å². The molecule has 19 heteroatoms. The van der Waals surface area contributed by atoms with Crippen LogP contribution in [0, 0.1) is 11.6 Å². The molecule has 68 heavy (non-hydrogen) atoms. The second-order valence-electron chi connectivity index (χ2n) is 15.0. The van der Waals surface area contributed by atoms with Gasteiger partial charge in [0.25, 0.3) is 0 Å². The van der Waals surface area contributed by atoms with Gasteiger partial charge in [0.15, 0.2) is 0 Å². The van der Waals surface area contributed by atoms with Crippen LogP contribution >= 0.6 is 0 Å². The fourth-order valence-corrected chi connectivity index (χ4v) is 6.33. The van der Waals surface area contributed by atoms with Crippen LogP contribution in [0.5, 0.6) is 11.5 Å². The van der Waals surface area contributed by atoms with E-state index < -0.39 is 35.1 Å². The molecular formula is C49H44F8N6O5. The minimum absolute atomic E-state index is 0.00664. The molecule has 0 saturated heterocycles. The number of hydrogen-bond donors (Lipinski definition) is 1. The highest BCUT2D eigenvalue weighted by Gasteiger charge is 2.32. The number of carbonyl (C=O) groups is 1. The lowest BCUT2D eigenvalue weighted by Gasteiger charge is -2.07. The van der Waals surface area contributed by atoms with Gasteiger partial charge in [-0.3, -0.25) is 4.79 Å². The van der Waals surface area contributed by atoms with Gasteiger partial charge < -0.3 is 28.2 Å². The zero-order valence-corrected chi connectivity index (χ0v) is 36.2. The predicted molar refractivity (Wildman–Crippen MR) is 235 cm³/mol. The summed E-state index contributed by atoms with van der Waals surface area (Å²) in [5.74, 6) is -0.266. The third-order valence-corrected chi connectivity index (χ3v) is 9.94. The fraction of sp³-hybridized carbons (Fsp3) is 0.245. The number of alkyl halides is 6. The molecule has 4 aromatic carbocycles. The number of aromatic nitrogens is 5. The SMILES string of the molecule is Fc1cc(C(F)(F)F)ccc1/C=C/c1nc(COc2ccc(CCCCn3cnnc3)cc2)co1.O=CNCCCCc1ccc(OCc2coc(/C=C/c3ccc(C(F)(F)F)cc3F)n2)cc1. The number of carbonyl (C=O) groups excluding carboxylic acids is 1. The summed E-state index contributed by atoms with van der Waals surface area (Å²) >= 11 is 0. The zero-order chi connectivity index (χ0) is 48.4. The van der Waals surface area contributed by atoms with Crippen molar-refractivity contribution in [3.8, 4) is 11.5 Å². The highest BCUT2D eigenvalue weighted by atomic mass is 19.4. The van der Waals surface area contributed by atoms with Crippen LogP contribution in [0.4, 0.5) is 35.1 Å². The zero-order valence-electron chi connectivity index (χ0n) is 36.2. The number of nitrogens with one attached hydrogen (secondary N) is 1. The van der Waals surface area contributed by atoms with Gasteiger partial charge in [-0.25, -0.2) is 18.7 Å². The summed E-state index contributed by atoms with van der Waals surface area (Å²) in [5, 5.41) is 10.2. The van der Waals surface area contributed by atoms with Crippen molar-refractivity contribution in [1.29, 1.82) is 0 Å². The first-order chi connectivity index (χ1) is 32.7. The standard InChI is InChI=1S/C25H22F4N4O2.C24H22F4N2O3/c26-23-13-20(25(27,28)29)8-6-19(23)7-11-24-32-21(15-35-24)14-34-22-9-4-18(5-10-22)3-1-2-12-33-16-30-31-17-33;25-22-13-19(24(26,27)28)8-6-18(22)7-11-23-30-20(15-33-23)14-32-21-9-4-17(5-10-21)3-1-2-12-29-16-31/h4-11,13,15-17H,1-3,12,14H2;4-11,13,15-16H,1-3,12,14H2,(H,29,31)/b2*11-7+. The second kappa shape index (κ2) is 24.3. The van der Waals surface area contributed by atoms with E-state index in [2.05, 4.69) is 25.5 Å². The molecule has 0 spiro atoms. The van der Waals surface area contributed by atoms with Crippen molar-refractivity contribution in [2.75, 3.05) is 6.54 Å². The second-order valence-corrected chi connectivity index (χ2v) is 15.0. The lowest BCUT2D eigenvalue weighted by atomic mass is 10.1. The van der Waals surface area contributed by atoms with Crippen LogP contribution in [0.3, 0.4) is 0 Å². The van der Waals surface area contributed by atoms with E-state index in [1.807, 2.05) is 53.1 Å². The van der Waals surface area contributed by atoms with E-state index in [4.69, 9.17) is 18.3 Å². The molecular weight excluding hydrogens is 905 g/mol.